The molecule has 3 N–H and O–H groups in total. The number of carbonyl (C=O) groups is 2. The molecule has 0 bridgehead atoms. The van der Waals surface area contributed by atoms with E-state index in [-0.39, 0.29) is 19.4 Å². The summed E-state index contributed by atoms with van der Waals surface area (Å²) in [5.41, 5.74) is 0. The number of rotatable bonds is 39. The number of allylic oxidation sites excluding steroid dienone is 6. The Labute approximate surface area is 338 Å². The number of hydrogen-bond donors (Lipinski definition) is 3. The summed E-state index contributed by atoms with van der Waals surface area (Å²) >= 11 is 0. The number of epoxide rings is 1. The monoisotopic (exact) mass is 813 g/mol. The molecule has 12 heteroatoms. The topological polar surface area (TPSA) is 161 Å². The van der Waals surface area contributed by atoms with Crippen LogP contribution in [0.3, 0.4) is 0 Å². The fraction of sp³-hybridized carbons (Fsp3) is 0.773. The lowest BCUT2D eigenvalue weighted by atomic mass is 10.1. The summed E-state index contributed by atoms with van der Waals surface area (Å²) in [7, 11) is -4.64. The van der Waals surface area contributed by atoms with E-state index in [1.807, 2.05) is 12.2 Å². The molecule has 1 rings (SSSR count). The zero-order valence-corrected chi connectivity index (χ0v) is 35.7. The lowest BCUT2D eigenvalue weighted by Gasteiger charge is -2.20. The molecule has 0 aromatic carbocycles. The number of phosphoric acid groups is 1. The number of unbranched alkanes of at least 4 members (excludes halogenated alkanes) is 15. The smallest absolute Gasteiger partial charge is 0.462 e. The van der Waals surface area contributed by atoms with E-state index < -0.39 is 51.8 Å². The maximum absolute atomic E-state index is 12.6. The predicted octanol–water partition coefficient (Wildman–Crippen LogP) is 10.3. The maximum Gasteiger partial charge on any atom is 0.472 e. The average Bonchev–Trinajstić information content (AvgIpc) is 3.94. The van der Waals surface area contributed by atoms with Crippen molar-refractivity contribution in [1.82, 2.24) is 0 Å². The Hall–Kier alpha value is -2.11. The van der Waals surface area contributed by atoms with E-state index in [2.05, 4.69) is 54.8 Å². The van der Waals surface area contributed by atoms with Crippen molar-refractivity contribution in [3.05, 3.63) is 48.6 Å². The van der Waals surface area contributed by atoms with Crippen LogP contribution >= 0.6 is 7.82 Å². The third-order valence-electron chi connectivity index (χ3n) is 9.36. The van der Waals surface area contributed by atoms with E-state index in [0.717, 1.165) is 51.4 Å². The minimum absolute atomic E-state index is 0.101. The van der Waals surface area contributed by atoms with Crippen LogP contribution in [0.5, 0.6) is 0 Å². The molecule has 0 aliphatic carbocycles. The Bertz CT molecular complexity index is 1140. The molecule has 1 aliphatic heterocycles. The van der Waals surface area contributed by atoms with E-state index in [1.165, 1.54) is 70.6 Å². The van der Waals surface area contributed by atoms with Crippen molar-refractivity contribution in [3.8, 4) is 0 Å². The SMILES string of the molecule is CCCCC/C=C\CC1OC1C/C=C\C/C=C\CCCC(=O)O[C@H](COC(=O)CCCCCCCCC/C=C\CCCCCC)COP(=O)(O)OC[C@@H](O)CO. The van der Waals surface area contributed by atoms with Crippen LogP contribution in [0.25, 0.3) is 0 Å². The van der Waals surface area contributed by atoms with Gasteiger partial charge >= 0.3 is 19.8 Å². The first-order valence-electron chi connectivity index (χ1n) is 21.7. The molecule has 0 radical (unpaired) electrons. The number of aliphatic hydroxyl groups excluding tert-OH is 2. The molecule has 0 aromatic heterocycles. The van der Waals surface area contributed by atoms with Crippen molar-refractivity contribution in [2.75, 3.05) is 26.4 Å². The Kier molecular flexibility index (Phi) is 33.4. The molecule has 0 aromatic rings. The van der Waals surface area contributed by atoms with E-state index in [1.54, 1.807) is 0 Å². The molecular formula is C44H77O11P. The van der Waals surface area contributed by atoms with Gasteiger partial charge in [0.25, 0.3) is 0 Å². The molecule has 1 saturated heterocycles. The number of ether oxygens (including phenoxy) is 3. The lowest BCUT2D eigenvalue weighted by molar-refractivity contribution is -0.161. The van der Waals surface area contributed by atoms with Crippen LogP contribution in [-0.4, -0.2) is 77.9 Å². The van der Waals surface area contributed by atoms with Gasteiger partial charge in [0.05, 0.1) is 32.0 Å². The summed E-state index contributed by atoms with van der Waals surface area (Å²) in [5.74, 6) is -1.00. The van der Waals surface area contributed by atoms with Gasteiger partial charge in [0.1, 0.15) is 12.7 Å². The first kappa shape index (κ1) is 51.9. The van der Waals surface area contributed by atoms with Gasteiger partial charge in [-0.15, -0.1) is 0 Å². The molecule has 3 unspecified atom stereocenters. The average molecular weight is 813 g/mol. The molecular weight excluding hydrogens is 735 g/mol. The largest absolute Gasteiger partial charge is 0.472 e. The Balaban J connectivity index is 2.30. The van der Waals surface area contributed by atoms with Crippen LogP contribution in [0.2, 0.25) is 0 Å². The molecule has 324 valence electrons. The highest BCUT2D eigenvalue weighted by Gasteiger charge is 2.36. The third kappa shape index (κ3) is 32.9. The van der Waals surface area contributed by atoms with Gasteiger partial charge < -0.3 is 29.3 Å². The van der Waals surface area contributed by atoms with Crippen molar-refractivity contribution in [3.63, 3.8) is 0 Å². The normalized spacial score (nSPS) is 17.9. The summed E-state index contributed by atoms with van der Waals surface area (Å²) in [5, 5.41) is 18.3. The zero-order chi connectivity index (χ0) is 41.0. The maximum atomic E-state index is 12.6. The molecule has 1 heterocycles. The summed E-state index contributed by atoms with van der Waals surface area (Å²) in [6.07, 6.45) is 39.7. The number of phosphoric ester groups is 1. The minimum Gasteiger partial charge on any atom is -0.462 e. The fourth-order valence-corrected chi connectivity index (χ4v) is 6.63. The highest BCUT2D eigenvalue weighted by atomic mass is 31.2. The number of esters is 2. The van der Waals surface area contributed by atoms with Crippen LogP contribution in [0.15, 0.2) is 48.6 Å². The number of carbonyl (C=O) groups excluding carboxylic acids is 2. The molecule has 11 nitrogen and oxygen atoms in total. The van der Waals surface area contributed by atoms with Crippen LogP contribution < -0.4 is 0 Å². The summed E-state index contributed by atoms with van der Waals surface area (Å²) in [4.78, 5) is 35.0. The van der Waals surface area contributed by atoms with Crippen molar-refractivity contribution in [2.24, 2.45) is 0 Å². The summed E-state index contributed by atoms with van der Waals surface area (Å²) < 4.78 is 38.4. The van der Waals surface area contributed by atoms with Gasteiger partial charge in [0.2, 0.25) is 0 Å². The first-order valence-corrected chi connectivity index (χ1v) is 23.2. The predicted molar refractivity (Wildman–Crippen MR) is 223 cm³/mol. The van der Waals surface area contributed by atoms with Gasteiger partial charge in [-0.1, -0.05) is 127 Å². The van der Waals surface area contributed by atoms with Crippen LogP contribution in [0.1, 0.15) is 168 Å². The van der Waals surface area contributed by atoms with Gasteiger partial charge in [-0.2, -0.15) is 0 Å². The van der Waals surface area contributed by atoms with Gasteiger partial charge in [-0.25, -0.2) is 4.57 Å². The Morgan fingerprint density at radius 1 is 0.625 bits per heavy atom. The lowest BCUT2D eigenvalue weighted by Crippen LogP contribution is -2.29. The van der Waals surface area contributed by atoms with Crippen molar-refractivity contribution >= 4 is 19.8 Å². The minimum atomic E-state index is -4.64. The van der Waals surface area contributed by atoms with Crippen molar-refractivity contribution in [2.45, 2.75) is 192 Å². The van der Waals surface area contributed by atoms with E-state index in [9.17, 15) is 24.2 Å². The van der Waals surface area contributed by atoms with Gasteiger partial charge in [-0.3, -0.25) is 18.6 Å². The highest BCUT2D eigenvalue weighted by molar-refractivity contribution is 7.47. The second kappa shape index (κ2) is 36.0. The molecule has 0 amide bonds. The Morgan fingerprint density at radius 2 is 1.11 bits per heavy atom. The Morgan fingerprint density at radius 3 is 1.77 bits per heavy atom. The van der Waals surface area contributed by atoms with E-state index in [0.29, 0.717) is 31.5 Å². The molecule has 1 aliphatic rings. The fourth-order valence-electron chi connectivity index (χ4n) is 5.84. The molecule has 0 spiro atoms. The molecule has 1 fully saturated rings. The van der Waals surface area contributed by atoms with Gasteiger partial charge in [0.15, 0.2) is 6.10 Å². The van der Waals surface area contributed by atoms with Crippen molar-refractivity contribution in [1.29, 1.82) is 0 Å². The van der Waals surface area contributed by atoms with Gasteiger partial charge in [0, 0.05) is 12.8 Å². The highest BCUT2D eigenvalue weighted by Crippen LogP contribution is 2.43. The summed E-state index contributed by atoms with van der Waals surface area (Å²) in [6, 6.07) is 0. The molecule has 56 heavy (non-hydrogen) atoms. The standard InChI is InChI=1S/C44H77O11P/c1-3-5-7-9-11-12-13-14-15-16-17-18-21-25-29-33-43(47)51-37-40(38-53-56(49,50)52-36-39(46)35-45)54-44(48)34-30-26-22-19-20-24-28-32-42-41(55-42)31-27-23-10-8-6-4-2/h12-13,19,22-24,27-28,39-42,45-46H,3-11,14-18,20-21,25-26,29-38H2,1-2H3,(H,49,50)/b13-12-,22-19-,27-23-,28-24-/t39-,40+,41?,42?/m0/s1. The summed E-state index contributed by atoms with van der Waals surface area (Å²) in [6.45, 7) is 2.25. The van der Waals surface area contributed by atoms with Crippen LogP contribution in [0.4, 0.5) is 0 Å². The molecule has 5 atom stereocenters. The molecule has 0 saturated carbocycles. The second-order valence-electron chi connectivity index (χ2n) is 14.7. The van der Waals surface area contributed by atoms with E-state index in [4.69, 9.17) is 23.8 Å². The van der Waals surface area contributed by atoms with Crippen molar-refractivity contribution < 1.29 is 52.5 Å². The van der Waals surface area contributed by atoms with Gasteiger partial charge in [-0.05, 0) is 77.0 Å². The first-order chi connectivity index (χ1) is 27.2. The second-order valence-corrected chi connectivity index (χ2v) is 16.2. The third-order valence-corrected chi connectivity index (χ3v) is 10.3. The quantitative estimate of drug-likeness (QED) is 0.0178. The number of aliphatic hydroxyl groups is 2. The van der Waals surface area contributed by atoms with Crippen LogP contribution in [0, 0.1) is 0 Å². The van der Waals surface area contributed by atoms with E-state index >= 15 is 0 Å². The number of hydrogen-bond acceptors (Lipinski definition) is 10. The van der Waals surface area contributed by atoms with Crippen LogP contribution in [-0.2, 0) is 37.4 Å². The zero-order valence-electron chi connectivity index (χ0n) is 34.8.